The van der Waals surface area contributed by atoms with Crippen molar-refractivity contribution < 1.29 is 4.42 Å². The number of para-hydroxylation sites is 4. The van der Waals surface area contributed by atoms with Crippen LogP contribution in [0.2, 0.25) is 0 Å². The Bertz CT molecular complexity index is 3730. The molecule has 0 N–H and O–H groups in total. The van der Waals surface area contributed by atoms with Gasteiger partial charge >= 0.3 is 0 Å². The van der Waals surface area contributed by atoms with Crippen molar-refractivity contribution in [3.05, 3.63) is 205 Å². The van der Waals surface area contributed by atoms with Gasteiger partial charge < -0.3 is 13.9 Å². The van der Waals surface area contributed by atoms with Gasteiger partial charge in [0.25, 0.3) is 0 Å². The average molecular weight is 767 g/mol. The largest absolute Gasteiger partial charge is 0.454 e. The fourth-order valence-electron chi connectivity index (χ4n) is 10.5. The van der Waals surface area contributed by atoms with Crippen LogP contribution in [-0.4, -0.2) is 4.57 Å². The molecule has 1 aliphatic rings. The molecule has 12 aromatic rings. The minimum absolute atomic E-state index is 0.233. The summed E-state index contributed by atoms with van der Waals surface area (Å²) in [4.78, 5) is 2.48. The van der Waals surface area contributed by atoms with Gasteiger partial charge in [0, 0.05) is 32.6 Å². The van der Waals surface area contributed by atoms with E-state index in [4.69, 9.17) is 4.42 Å². The van der Waals surface area contributed by atoms with Gasteiger partial charge in [0.05, 0.1) is 28.1 Å². The summed E-state index contributed by atoms with van der Waals surface area (Å²) in [6.45, 7) is 4.75. The first kappa shape index (κ1) is 33.4. The molecule has 0 spiro atoms. The van der Waals surface area contributed by atoms with E-state index < -0.39 is 0 Å². The number of rotatable bonds is 3. The van der Waals surface area contributed by atoms with Gasteiger partial charge in [0.1, 0.15) is 5.58 Å². The van der Waals surface area contributed by atoms with Crippen LogP contribution in [0.15, 0.2) is 199 Å². The second kappa shape index (κ2) is 12.2. The van der Waals surface area contributed by atoms with E-state index in [0.717, 1.165) is 44.3 Å². The number of anilines is 3. The molecule has 0 atom stereocenters. The van der Waals surface area contributed by atoms with Crippen molar-refractivity contribution in [3.63, 3.8) is 0 Å². The summed E-state index contributed by atoms with van der Waals surface area (Å²) >= 11 is 0. The molecule has 0 saturated heterocycles. The predicted molar refractivity (Wildman–Crippen MR) is 253 cm³/mol. The van der Waals surface area contributed by atoms with E-state index in [9.17, 15) is 0 Å². The standard InChI is InChI=1S/C57H38N2O/c1-57(2)48-21-9-11-23-52(48)58(37-28-29-42-40-16-4-3-14-38(40)39-15-5-6-17-41(39)46(42)34-37)53-31-27-36(33-49(53)57)35-26-30-51-47(32-35)43-18-7-10-22-50(43)59(51)54-24-13-20-45-44-19-8-12-25-55(44)60-56(45)54/h3-34H,1-2H3. The van der Waals surface area contributed by atoms with E-state index in [1.54, 1.807) is 0 Å². The number of hydrogen-bond donors (Lipinski definition) is 0. The van der Waals surface area contributed by atoms with Gasteiger partial charge in [-0.05, 0) is 115 Å². The van der Waals surface area contributed by atoms with Crippen LogP contribution < -0.4 is 4.90 Å². The van der Waals surface area contributed by atoms with E-state index in [0.29, 0.717) is 0 Å². The van der Waals surface area contributed by atoms with Crippen molar-refractivity contribution >= 4 is 93.1 Å². The van der Waals surface area contributed by atoms with Crippen LogP contribution in [-0.2, 0) is 5.41 Å². The number of benzene rings is 10. The van der Waals surface area contributed by atoms with Crippen molar-refractivity contribution in [2.24, 2.45) is 0 Å². The van der Waals surface area contributed by atoms with Crippen LogP contribution in [0.25, 0.3) is 92.9 Å². The molecule has 282 valence electrons. The number of nitrogens with zero attached hydrogens (tertiary/aromatic N) is 2. The Hall–Kier alpha value is -7.62. The molecule has 3 heterocycles. The average Bonchev–Trinajstić information content (AvgIpc) is 3.85. The Morgan fingerprint density at radius 2 is 0.933 bits per heavy atom. The van der Waals surface area contributed by atoms with Crippen molar-refractivity contribution in [1.29, 1.82) is 0 Å². The Labute approximate surface area is 346 Å². The summed E-state index contributed by atoms with van der Waals surface area (Å²) in [6.07, 6.45) is 0. The van der Waals surface area contributed by atoms with E-state index in [1.165, 1.54) is 76.7 Å². The molecule has 0 bridgehead atoms. The molecule has 0 radical (unpaired) electrons. The Morgan fingerprint density at radius 3 is 1.73 bits per heavy atom. The zero-order chi connectivity index (χ0) is 39.7. The van der Waals surface area contributed by atoms with E-state index >= 15 is 0 Å². The number of furan rings is 1. The second-order valence-electron chi connectivity index (χ2n) is 16.9. The maximum atomic E-state index is 6.57. The highest BCUT2D eigenvalue weighted by Gasteiger charge is 2.37. The van der Waals surface area contributed by atoms with Crippen LogP contribution >= 0.6 is 0 Å². The van der Waals surface area contributed by atoms with Gasteiger partial charge in [0.15, 0.2) is 5.58 Å². The van der Waals surface area contributed by atoms with Crippen LogP contribution in [0.1, 0.15) is 25.0 Å². The molecule has 13 rings (SSSR count). The molecule has 3 heteroatoms. The number of fused-ring (bicyclic) bond motifs is 14. The maximum absolute atomic E-state index is 6.57. The van der Waals surface area contributed by atoms with Crippen LogP contribution in [0.5, 0.6) is 0 Å². The summed E-state index contributed by atoms with van der Waals surface area (Å²) in [5.74, 6) is 0. The quantitative estimate of drug-likeness (QED) is 0.167. The zero-order valence-electron chi connectivity index (χ0n) is 33.3. The summed E-state index contributed by atoms with van der Waals surface area (Å²) in [7, 11) is 0. The Kier molecular flexibility index (Phi) is 6.78. The zero-order valence-corrected chi connectivity index (χ0v) is 33.3. The highest BCUT2D eigenvalue weighted by atomic mass is 16.3. The van der Waals surface area contributed by atoms with Crippen molar-refractivity contribution in [3.8, 4) is 16.8 Å². The summed E-state index contributed by atoms with van der Waals surface area (Å²) in [5, 5.41) is 12.4. The van der Waals surface area contributed by atoms with E-state index in [2.05, 4.69) is 211 Å². The summed E-state index contributed by atoms with van der Waals surface area (Å²) in [5.41, 5.74) is 13.6. The van der Waals surface area contributed by atoms with Crippen molar-refractivity contribution in [2.75, 3.05) is 4.90 Å². The minimum atomic E-state index is -0.233. The van der Waals surface area contributed by atoms with Crippen molar-refractivity contribution in [2.45, 2.75) is 19.3 Å². The monoisotopic (exact) mass is 766 g/mol. The number of aromatic nitrogens is 1. The first-order chi connectivity index (χ1) is 29.5. The van der Waals surface area contributed by atoms with Gasteiger partial charge in [-0.3, -0.25) is 0 Å². The molecule has 0 saturated carbocycles. The molecular weight excluding hydrogens is 729 g/mol. The van der Waals surface area contributed by atoms with Crippen molar-refractivity contribution in [1.82, 2.24) is 4.57 Å². The molecule has 0 aliphatic carbocycles. The SMILES string of the molecule is CC1(C)c2ccccc2N(c2ccc3c4ccccc4c4ccccc4c3c2)c2ccc(-c3ccc4c(c3)c3ccccc3n4-c3cccc4c3oc3ccccc34)cc21. The molecule has 0 amide bonds. The van der Waals surface area contributed by atoms with E-state index in [-0.39, 0.29) is 5.41 Å². The number of hydrogen-bond acceptors (Lipinski definition) is 2. The molecule has 10 aromatic carbocycles. The van der Waals surface area contributed by atoms with Gasteiger partial charge in [-0.1, -0.05) is 147 Å². The lowest BCUT2D eigenvalue weighted by Crippen LogP contribution is -2.30. The van der Waals surface area contributed by atoms with Crippen LogP contribution in [0.3, 0.4) is 0 Å². The lowest BCUT2D eigenvalue weighted by atomic mass is 9.73. The third kappa shape index (κ3) is 4.55. The predicted octanol–water partition coefficient (Wildman–Crippen LogP) is 15.9. The fourth-order valence-corrected chi connectivity index (χ4v) is 10.5. The third-order valence-corrected chi connectivity index (χ3v) is 13.3. The smallest absolute Gasteiger partial charge is 0.159 e. The minimum Gasteiger partial charge on any atom is -0.454 e. The van der Waals surface area contributed by atoms with E-state index in [1.807, 2.05) is 6.07 Å². The first-order valence-electron chi connectivity index (χ1n) is 20.8. The summed E-state index contributed by atoms with van der Waals surface area (Å²) in [6, 6.07) is 71.3. The molecule has 1 aliphatic heterocycles. The topological polar surface area (TPSA) is 21.3 Å². The maximum Gasteiger partial charge on any atom is 0.159 e. The van der Waals surface area contributed by atoms with Crippen LogP contribution in [0.4, 0.5) is 17.1 Å². The lowest BCUT2D eigenvalue weighted by molar-refractivity contribution is 0.632. The van der Waals surface area contributed by atoms with Gasteiger partial charge in [-0.2, -0.15) is 0 Å². The highest BCUT2D eigenvalue weighted by Crippen LogP contribution is 2.53. The highest BCUT2D eigenvalue weighted by molar-refractivity contribution is 6.26. The normalized spacial score (nSPS) is 13.6. The van der Waals surface area contributed by atoms with Crippen LogP contribution in [0, 0.1) is 0 Å². The molecule has 0 unspecified atom stereocenters. The lowest BCUT2D eigenvalue weighted by Gasteiger charge is -2.42. The first-order valence-corrected chi connectivity index (χ1v) is 20.8. The van der Waals surface area contributed by atoms with Gasteiger partial charge in [0.2, 0.25) is 0 Å². The van der Waals surface area contributed by atoms with Gasteiger partial charge in [-0.15, -0.1) is 0 Å². The molecular formula is C57H38N2O. The summed E-state index contributed by atoms with van der Waals surface area (Å²) < 4.78 is 8.94. The second-order valence-corrected chi connectivity index (χ2v) is 16.9. The fraction of sp³-hybridized carbons (Fsp3) is 0.0526. The molecule has 3 nitrogen and oxygen atoms in total. The molecule has 0 fully saturated rings. The molecule has 60 heavy (non-hydrogen) atoms. The third-order valence-electron chi connectivity index (χ3n) is 13.3. The Balaban J connectivity index is 0.992. The Morgan fingerprint density at radius 1 is 0.367 bits per heavy atom. The van der Waals surface area contributed by atoms with Gasteiger partial charge in [-0.25, -0.2) is 0 Å². The molecule has 2 aromatic heterocycles.